The Kier molecular flexibility index (Phi) is 4.50. The largest absolute Gasteiger partial charge is 0.393 e. The van der Waals surface area contributed by atoms with Crippen molar-refractivity contribution in [3.8, 4) is 0 Å². The molecule has 7 nitrogen and oxygen atoms in total. The van der Waals surface area contributed by atoms with Crippen molar-refractivity contribution in [3.63, 3.8) is 0 Å². The first kappa shape index (κ1) is 16.8. The lowest BCUT2D eigenvalue weighted by molar-refractivity contribution is 0.126. The number of aryl methyl sites for hydroxylation is 1. The fourth-order valence-electron chi connectivity index (χ4n) is 3.47. The second-order valence-corrected chi connectivity index (χ2v) is 7.05. The molecule has 1 saturated carbocycles. The van der Waals surface area contributed by atoms with Gasteiger partial charge in [0.2, 0.25) is 11.9 Å². The van der Waals surface area contributed by atoms with E-state index in [9.17, 15) is 5.11 Å². The SMILES string of the molecule is Bc1cccc(C)c1Nc1nc2cnc(NC3CCC(O)CC3)nc2[nH]1. The monoisotopic (exact) mass is 350 g/mol. The van der Waals surface area contributed by atoms with Crippen LogP contribution in [0.2, 0.25) is 0 Å². The van der Waals surface area contributed by atoms with E-state index < -0.39 is 0 Å². The van der Waals surface area contributed by atoms with Crippen LogP contribution in [0.5, 0.6) is 0 Å². The minimum absolute atomic E-state index is 0.164. The van der Waals surface area contributed by atoms with Crippen LogP contribution < -0.4 is 16.1 Å². The van der Waals surface area contributed by atoms with Gasteiger partial charge in [-0.25, -0.2) is 9.97 Å². The van der Waals surface area contributed by atoms with Gasteiger partial charge in [0.25, 0.3) is 0 Å². The quantitative estimate of drug-likeness (QED) is 0.531. The van der Waals surface area contributed by atoms with Gasteiger partial charge in [0.15, 0.2) is 5.65 Å². The van der Waals surface area contributed by atoms with Crippen molar-refractivity contribution in [2.24, 2.45) is 0 Å². The fraction of sp³-hybridized carbons (Fsp3) is 0.389. The molecule has 0 atom stereocenters. The predicted molar refractivity (Wildman–Crippen MR) is 106 cm³/mol. The number of fused-ring (bicyclic) bond motifs is 1. The number of hydrogen-bond acceptors (Lipinski definition) is 6. The summed E-state index contributed by atoms with van der Waals surface area (Å²) < 4.78 is 0. The Hall–Kier alpha value is -2.61. The maximum absolute atomic E-state index is 9.62. The molecule has 4 rings (SSSR count). The van der Waals surface area contributed by atoms with E-state index in [1.165, 1.54) is 11.0 Å². The zero-order chi connectivity index (χ0) is 18.1. The normalized spacial score (nSPS) is 20.2. The summed E-state index contributed by atoms with van der Waals surface area (Å²) in [7, 11) is 2.07. The maximum atomic E-state index is 9.62. The molecule has 1 fully saturated rings. The van der Waals surface area contributed by atoms with Gasteiger partial charge in [0.1, 0.15) is 13.4 Å². The molecule has 26 heavy (non-hydrogen) atoms. The van der Waals surface area contributed by atoms with E-state index in [0.717, 1.165) is 36.9 Å². The topological polar surface area (TPSA) is 98.8 Å². The highest BCUT2D eigenvalue weighted by Gasteiger charge is 2.20. The van der Waals surface area contributed by atoms with Crippen molar-refractivity contribution < 1.29 is 5.11 Å². The standard InChI is InChI=1S/C18H23BN6O/c1-10-3-2-4-13(19)15(10)23-18-22-14-9-20-17(24-16(14)25-18)21-11-5-7-12(26)8-6-11/h2-4,9,11-12,26H,5-8,19H2,1H3,(H3,20,21,22,23,24,25). The zero-order valence-electron chi connectivity index (χ0n) is 15.1. The van der Waals surface area contributed by atoms with Crippen LogP contribution in [0.3, 0.4) is 0 Å². The second-order valence-electron chi connectivity index (χ2n) is 7.05. The fourth-order valence-corrected chi connectivity index (χ4v) is 3.47. The summed E-state index contributed by atoms with van der Waals surface area (Å²) in [6, 6.07) is 6.50. The number of benzene rings is 1. The number of aliphatic hydroxyl groups excluding tert-OH is 1. The molecule has 0 amide bonds. The van der Waals surface area contributed by atoms with Crippen LogP contribution >= 0.6 is 0 Å². The summed E-state index contributed by atoms with van der Waals surface area (Å²) in [6.45, 7) is 2.07. The van der Waals surface area contributed by atoms with Crippen molar-refractivity contribution >= 4 is 42.1 Å². The first-order valence-corrected chi connectivity index (χ1v) is 9.09. The van der Waals surface area contributed by atoms with E-state index >= 15 is 0 Å². The van der Waals surface area contributed by atoms with Crippen LogP contribution in [-0.4, -0.2) is 45.0 Å². The predicted octanol–water partition coefficient (Wildman–Crippen LogP) is 1.38. The molecule has 0 aliphatic heterocycles. The first-order chi connectivity index (χ1) is 12.6. The van der Waals surface area contributed by atoms with E-state index in [4.69, 9.17) is 0 Å². The summed E-state index contributed by atoms with van der Waals surface area (Å²) in [4.78, 5) is 16.7. The third-order valence-electron chi connectivity index (χ3n) is 4.99. The van der Waals surface area contributed by atoms with Crippen molar-refractivity contribution in [2.45, 2.75) is 44.8 Å². The number of nitrogens with one attached hydrogen (secondary N) is 3. The van der Waals surface area contributed by atoms with Gasteiger partial charge in [0.05, 0.1) is 12.3 Å². The van der Waals surface area contributed by atoms with Gasteiger partial charge in [-0.1, -0.05) is 23.7 Å². The number of rotatable bonds is 4. The molecule has 1 aliphatic carbocycles. The van der Waals surface area contributed by atoms with Crippen molar-refractivity contribution in [2.75, 3.05) is 10.6 Å². The van der Waals surface area contributed by atoms with Crippen LogP contribution in [0.25, 0.3) is 11.2 Å². The third-order valence-corrected chi connectivity index (χ3v) is 4.99. The Labute approximate surface area is 153 Å². The molecule has 0 spiro atoms. The van der Waals surface area contributed by atoms with Crippen molar-refractivity contribution in [1.29, 1.82) is 0 Å². The average Bonchev–Trinajstić information content (AvgIpc) is 3.02. The lowest BCUT2D eigenvalue weighted by atomic mass is 9.92. The summed E-state index contributed by atoms with van der Waals surface area (Å²) in [5.41, 5.74) is 4.81. The van der Waals surface area contributed by atoms with Crippen LogP contribution in [0.1, 0.15) is 31.2 Å². The average molecular weight is 350 g/mol. The van der Waals surface area contributed by atoms with Crippen molar-refractivity contribution in [3.05, 3.63) is 30.0 Å². The number of para-hydroxylation sites is 1. The van der Waals surface area contributed by atoms with Crippen LogP contribution in [-0.2, 0) is 0 Å². The molecular weight excluding hydrogens is 327 g/mol. The third kappa shape index (κ3) is 3.50. The molecule has 134 valence electrons. The van der Waals surface area contributed by atoms with Crippen molar-refractivity contribution in [1.82, 2.24) is 19.9 Å². The summed E-state index contributed by atoms with van der Waals surface area (Å²) >= 11 is 0. The minimum atomic E-state index is -0.164. The number of aliphatic hydroxyl groups is 1. The molecule has 1 aliphatic rings. The lowest BCUT2D eigenvalue weighted by Gasteiger charge is -2.25. The molecule has 1 aromatic carbocycles. The number of aromatic amines is 1. The van der Waals surface area contributed by atoms with Gasteiger partial charge in [-0.05, 0) is 38.2 Å². The summed E-state index contributed by atoms with van der Waals surface area (Å²) in [5.74, 6) is 1.26. The molecule has 0 unspecified atom stereocenters. The van der Waals surface area contributed by atoms with E-state index in [1.54, 1.807) is 6.20 Å². The van der Waals surface area contributed by atoms with Gasteiger partial charge in [-0.3, -0.25) is 0 Å². The molecular formula is C18H23BN6O. The van der Waals surface area contributed by atoms with Gasteiger partial charge in [-0.2, -0.15) is 4.98 Å². The van der Waals surface area contributed by atoms with Gasteiger partial charge in [-0.15, -0.1) is 0 Å². The Balaban J connectivity index is 1.52. The van der Waals surface area contributed by atoms with E-state index in [1.807, 2.05) is 6.07 Å². The highest BCUT2D eigenvalue weighted by molar-refractivity contribution is 6.36. The smallest absolute Gasteiger partial charge is 0.224 e. The number of hydrogen-bond donors (Lipinski definition) is 4. The first-order valence-electron chi connectivity index (χ1n) is 9.09. The summed E-state index contributed by atoms with van der Waals surface area (Å²) in [6.07, 6.45) is 5.09. The van der Waals surface area contributed by atoms with Crippen LogP contribution in [0.15, 0.2) is 24.4 Å². The Morgan fingerprint density at radius 2 is 2.00 bits per heavy atom. The Morgan fingerprint density at radius 3 is 2.77 bits per heavy atom. The molecule has 0 bridgehead atoms. The molecule has 4 N–H and O–H groups in total. The molecule has 2 heterocycles. The maximum Gasteiger partial charge on any atom is 0.224 e. The van der Waals surface area contributed by atoms with Crippen LogP contribution in [0, 0.1) is 6.92 Å². The van der Waals surface area contributed by atoms with E-state index in [0.29, 0.717) is 23.6 Å². The Bertz CT molecular complexity index is 899. The molecule has 3 aromatic rings. The minimum Gasteiger partial charge on any atom is -0.393 e. The van der Waals surface area contributed by atoms with Gasteiger partial charge >= 0.3 is 0 Å². The number of aromatic nitrogens is 4. The second kappa shape index (κ2) is 6.95. The van der Waals surface area contributed by atoms with E-state index in [2.05, 4.69) is 57.5 Å². The molecule has 8 heteroatoms. The molecule has 0 radical (unpaired) electrons. The number of imidazole rings is 1. The highest BCUT2D eigenvalue weighted by Crippen LogP contribution is 2.22. The highest BCUT2D eigenvalue weighted by atomic mass is 16.3. The number of anilines is 3. The Morgan fingerprint density at radius 1 is 1.19 bits per heavy atom. The summed E-state index contributed by atoms with van der Waals surface area (Å²) in [5, 5.41) is 16.3. The molecule has 2 aromatic heterocycles. The van der Waals surface area contributed by atoms with Crippen LogP contribution in [0.4, 0.5) is 17.6 Å². The number of H-pyrrole nitrogens is 1. The van der Waals surface area contributed by atoms with Gasteiger partial charge in [0, 0.05) is 11.7 Å². The van der Waals surface area contributed by atoms with E-state index in [-0.39, 0.29) is 6.10 Å². The molecule has 0 saturated heterocycles. The van der Waals surface area contributed by atoms with Gasteiger partial charge < -0.3 is 20.7 Å². The lowest BCUT2D eigenvalue weighted by Crippen LogP contribution is -2.28. The number of nitrogens with zero attached hydrogens (tertiary/aromatic N) is 3. The zero-order valence-corrected chi connectivity index (χ0v) is 15.1.